The van der Waals surface area contributed by atoms with Crippen molar-refractivity contribution < 1.29 is 4.57 Å². The Morgan fingerprint density at radius 1 is 1.04 bits per heavy atom. The third-order valence-electron chi connectivity index (χ3n) is 5.16. The van der Waals surface area contributed by atoms with Gasteiger partial charge in [0, 0.05) is 30.9 Å². The molecule has 1 aliphatic heterocycles. The summed E-state index contributed by atoms with van der Waals surface area (Å²) in [6.07, 6.45) is 6.99. The first-order valence-corrected chi connectivity index (χ1v) is 8.27. The standard InChI is InChI=1S/C21H18N3/c1-14-15-7-3-4-8-16(15)17-13-19-22-10-12-24(19)21(17)20(14)18-9-5-6-11-23(18)2/h3-12H,13H2,1-2H3/q+1. The predicted octanol–water partition coefficient (Wildman–Crippen LogP) is 3.73. The Labute approximate surface area is 140 Å². The van der Waals surface area contributed by atoms with Crippen LogP contribution in [0.3, 0.4) is 0 Å². The van der Waals surface area contributed by atoms with Gasteiger partial charge in [-0.15, -0.1) is 0 Å². The zero-order chi connectivity index (χ0) is 16.3. The van der Waals surface area contributed by atoms with E-state index in [9.17, 15) is 0 Å². The maximum absolute atomic E-state index is 4.56. The molecule has 0 bridgehead atoms. The summed E-state index contributed by atoms with van der Waals surface area (Å²) in [6.45, 7) is 2.24. The molecule has 3 heteroatoms. The molecule has 0 atom stereocenters. The van der Waals surface area contributed by atoms with Crippen molar-refractivity contribution in [2.75, 3.05) is 0 Å². The summed E-state index contributed by atoms with van der Waals surface area (Å²) in [5.74, 6) is 1.13. The largest absolute Gasteiger partial charge is 0.302 e. The molecule has 4 aromatic rings. The summed E-state index contributed by atoms with van der Waals surface area (Å²) in [6, 6.07) is 15.1. The van der Waals surface area contributed by atoms with Crippen molar-refractivity contribution in [3.63, 3.8) is 0 Å². The van der Waals surface area contributed by atoms with Crippen LogP contribution in [0.5, 0.6) is 0 Å². The van der Waals surface area contributed by atoms with Crippen LogP contribution in [0.15, 0.2) is 61.1 Å². The Morgan fingerprint density at radius 2 is 1.83 bits per heavy atom. The number of aryl methyl sites for hydroxylation is 2. The number of hydrogen-bond donors (Lipinski definition) is 0. The molecule has 0 spiro atoms. The van der Waals surface area contributed by atoms with E-state index in [2.05, 4.69) is 82.9 Å². The second-order valence-electron chi connectivity index (χ2n) is 6.46. The lowest BCUT2D eigenvalue weighted by atomic mass is 9.91. The number of hydrogen-bond acceptors (Lipinski definition) is 1. The fourth-order valence-corrected chi connectivity index (χ4v) is 4.03. The molecule has 0 saturated heterocycles. The minimum atomic E-state index is 0.896. The van der Waals surface area contributed by atoms with Gasteiger partial charge in [-0.05, 0) is 34.9 Å². The summed E-state index contributed by atoms with van der Waals surface area (Å²) in [5, 5.41) is 2.68. The van der Waals surface area contributed by atoms with Crippen molar-refractivity contribution in [2.24, 2.45) is 7.05 Å². The first kappa shape index (κ1) is 13.5. The predicted molar refractivity (Wildman–Crippen MR) is 95.2 cm³/mol. The average Bonchev–Trinajstić information content (AvgIpc) is 3.18. The quantitative estimate of drug-likeness (QED) is 0.432. The Kier molecular flexibility index (Phi) is 2.69. The van der Waals surface area contributed by atoms with Crippen LogP contribution in [0, 0.1) is 6.92 Å². The lowest BCUT2D eigenvalue weighted by Gasteiger charge is -2.16. The summed E-state index contributed by atoms with van der Waals surface area (Å²) in [7, 11) is 2.11. The molecule has 116 valence electrons. The zero-order valence-electron chi connectivity index (χ0n) is 13.8. The van der Waals surface area contributed by atoms with E-state index in [1.165, 1.54) is 38.8 Å². The maximum atomic E-state index is 4.56. The molecule has 0 fully saturated rings. The van der Waals surface area contributed by atoms with E-state index in [-0.39, 0.29) is 0 Å². The monoisotopic (exact) mass is 312 g/mol. The Hall–Kier alpha value is -2.94. The molecule has 3 nitrogen and oxygen atoms in total. The van der Waals surface area contributed by atoms with Gasteiger partial charge in [-0.3, -0.25) is 0 Å². The lowest BCUT2D eigenvalue weighted by molar-refractivity contribution is -0.660. The Morgan fingerprint density at radius 3 is 2.67 bits per heavy atom. The molecule has 2 aromatic heterocycles. The summed E-state index contributed by atoms with van der Waals surface area (Å²) in [5.41, 5.74) is 6.55. The van der Waals surface area contributed by atoms with Crippen LogP contribution in [0.2, 0.25) is 0 Å². The molecule has 3 heterocycles. The maximum Gasteiger partial charge on any atom is 0.214 e. The van der Waals surface area contributed by atoms with E-state index in [0.717, 1.165) is 12.2 Å². The first-order chi connectivity index (χ1) is 11.8. The minimum Gasteiger partial charge on any atom is -0.302 e. The molecular formula is C21H18N3+. The molecule has 0 amide bonds. The molecular weight excluding hydrogens is 294 g/mol. The summed E-state index contributed by atoms with van der Waals surface area (Å²) < 4.78 is 4.46. The highest BCUT2D eigenvalue weighted by atomic mass is 15.1. The number of nitrogens with zero attached hydrogens (tertiary/aromatic N) is 3. The van der Waals surface area contributed by atoms with Gasteiger partial charge in [0.2, 0.25) is 5.69 Å². The minimum absolute atomic E-state index is 0.896. The van der Waals surface area contributed by atoms with Crippen molar-refractivity contribution >= 4 is 10.8 Å². The van der Waals surface area contributed by atoms with Crippen molar-refractivity contribution in [2.45, 2.75) is 13.3 Å². The number of fused-ring (bicyclic) bond motifs is 5. The van der Waals surface area contributed by atoms with Gasteiger partial charge in [0.1, 0.15) is 12.9 Å². The van der Waals surface area contributed by atoms with Crippen LogP contribution in [-0.2, 0) is 13.5 Å². The number of pyridine rings is 1. The molecule has 0 N–H and O–H groups in total. The van der Waals surface area contributed by atoms with Crippen LogP contribution < -0.4 is 4.57 Å². The average molecular weight is 312 g/mol. The van der Waals surface area contributed by atoms with Crippen molar-refractivity contribution in [1.82, 2.24) is 9.55 Å². The van der Waals surface area contributed by atoms with E-state index in [4.69, 9.17) is 0 Å². The molecule has 0 saturated carbocycles. The first-order valence-electron chi connectivity index (χ1n) is 8.27. The molecule has 0 aliphatic carbocycles. The fraction of sp³-hybridized carbons (Fsp3) is 0.143. The van der Waals surface area contributed by atoms with Gasteiger partial charge in [0.25, 0.3) is 0 Å². The number of aromatic nitrogens is 3. The van der Waals surface area contributed by atoms with Crippen LogP contribution >= 0.6 is 0 Å². The highest BCUT2D eigenvalue weighted by molar-refractivity contribution is 5.99. The molecule has 0 radical (unpaired) electrons. The van der Waals surface area contributed by atoms with Crippen LogP contribution in [0.4, 0.5) is 0 Å². The molecule has 0 unspecified atom stereocenters. The highest BCUT2D eigenvalue weighted by Crippen LogP contribution is 2.42. The van der Waals surface area contributed by atoms with E-state index >= 15 is 0 Å². The van der Waals surface area contributed by atoms with Gasteiger partial charge in [-0.1, -0.05) is 24.3 Å². The van der Waals surface area contributed by atoms with Gasteiger partial charge in [-0.2, -0.15) is 0 Å². The molecule has 1 aliphatic rings. The Balaban J connectivity index is 2.00. The summed E-state index contributed by atoms with van der Waals surface area (Å²) in [4.78, 5) is 4.56. The van der Waals surface area contributed by atoms with Gasteiger partial charge in [0.05, 0.1) is 11.3 Å². The third-order valence-corrected chi connectivity index (χ3v) is 5.16. The topological polar surface area (TPSA) is 21.7 Å². The van der Waals surface area contributed by atoms with Crippen LogP contribution in [-0.4, -0.2) is 9.55 Å². The van der Waals surface area contributed by atoms with Gasteiger partial charge >= 0.3 is 0 Å². The van der Waals surface area contributed by atoms with Crippen molar-refractivity contribution in [3.8, 4) is 16.9 Å². The van der Waals surface area contributed by atoms with E-state index in [1.54, 1.807) is 0 Å². The molecule has 24 heavy (non-hydrogen) atoms. The smallest absolute Gasteiger partial charge is 0.214 e. The normalized spacial score (nSPS) is 12.4. The van der Waals surface area contributed by atoms with Gasteiger partial charge in [-0.25, -0.2) is 9.55 Å². The summed E-state index contributed by atoms with van der Waals surface area (Å²) >= 11 is 0. The van der Waals surface area contributed by atoms with E-state index in [1.807, 2.05) is 6.20 Å². The van der Waals surface area contributed by atoms with Gasteiger partial charge in [0.15, 0.2) is 6.20 Å². The van der Waals surface area contributed by atoms with E-state index in [0.29, 0.717) is 0 Å². The number of rotatable bonds is 1. The third kappa shape index (κ3) is 1.67. The second kappa shape index (κ2) is 4.78. The Bertz CT molecular complexity index is 1110. The molecule has 5 rings (SSSR count). The zero-order valence-corrected chi connectivity index (χ0v) is 13.8. The fourth-order valence-electron chi connectivity index (χ4n) is 4.03. The van der Waals surface area contributed by atoms with Crippen LogP contribution in [0.1, 0.15) is 17.0 Å². The van der Waals surface area contributed by atoms with Gasteiger partial charge < -0.3 is 4.57 Å². The second-order valence-corrected chi connectivity index (χ2v) is 6.46. The molecule has 2 aromatic carbocycles. The van der Waals surface area contributed by atoms with Crippen molar-refractivity contribution in [1.29, 1.82) is 0 Å². The van der Waals surface area contributed by atoms with Crippen molar-refractivity contribution in [3.05, 3.63) is 78.0 Å². The van der Waals surface area contributed by atoms with E-state index < -0.39 is 0 Å². The lowest BCUT2D eigenvalue weighted by Crippen LogP contribution is -2.30. The number of benzene rings is 2. The number of imidazole rings is 1. The SMILES string of the molecule is Cc1c(-c2cccc[n+]2C)c2c(c3ccccc13)Cc1nccn1-2. The van der Waals surface area contributed by atoms with Crippen LogP contribution in [0.25, 0.3) is 27.7 Å². The highest BCUT2D eigenvalue weighted by Gasteiger charge is 2.29.